The van der Waals surface area contributed by atoms with Crippen LogP contribution in [0.1, 0.15) is 44.5 Å². The first-order valence-corrected chi connectivity index (χ1v) is 14.3. The van der Waals surface area contributed by atoms with Gasteiger partial charge in [0.1, 0.15) is 5.39 Å². The van der Waals surface area contributed by atoms with Gasteiger partial charge in [0.05, 0.1) is 28.4 Å². The highest BCUT2D eigenvalue weighted by molar-refractivity contribution is 7.99. The van der Waals surface area contributed by atoms with Crippen LogP contribution in [0.25, 0.3) is 11.0 Å². The minimum Gasteiger partial charge on any atom is -0.337 e. The van der Waals surface area contributed by atoms with E-state index in [4.69, 9.17) is 4.52 Å². The number of fused-ring (bicyclic) bond motifs is 2. The second-order valence-electron chi connectivity index (χ2n) is 10.1. The molecule has 0 saturated heterocycles. The lowest BCUT2D eigenvalue weighted by molar-refractivity contribution is -0.116. The molecular weight excluding hydrogens is 530 g/mol. The Morgan fingerprint density at radius 1 is 1.21 bits per heavy atom. The molecule has 4 heterocycles. The van der Waals surface area contributed by atoms with Gasteiger partial charge in [0, 0.05) is 23.4 Å². The Morgan fingerprint density at radius 3 is 2.55 bits per heavy atom. The van der Waals surface area contributed by atoms with Gasteiger partial charge in [-0.05, 0) is 58.9 Å². The fraction of sp³-hybridized carbons (Fsp3) is 0.375. The van der Waals surface area contributed by atoms with Gasteiger partial charge in [0.15, 0.2) is 10.8 Å². The number of carbonyl (C=O) groups is 1. The van der Waals surface area contributed by atoms with E-state index in [9.17, 15) is 18.0 Å². The van der Waals surface area contributed by atoms with Crippen molar-refractivity contribution < 1.29 is 17.7 Å². The lowest BCUT2D eigenvalue weighted by atomic mass is 10.1. The molecule has 3 aromatic heterocycles. The van der Waals surface area contributed by atoms with E-state index in [-0.39, 0.29) is 40.2 Å². The summed E-state index contributed by atoms with van der Waals surface area (Å²) >= 11 is 1.43. The van der Waals surface area contributed by atoms with E-state index in [1.807, 2.05) is 20.8 Å². The van der Waals surface area contributed by atoms with Crippen LogP contribution in [0.15, 0.2) is 49.8 Å². The Hall–Kier alpha value is -3.65. The molecule has 0 fully saturated rings. The standard InChI is InChI=1S/C24H27N7O5S2/c1-13-14(2)28-36-21(13)29-38(34,35)17-8-6-15(7-9-17)26-19(32)10-16-12-37-23-27-20-18(22(33)30(16)23)11-25-31(20)24(3,4)5/h6-9,11,16,29H,10,12H2,1-5H3,(H,26,32). The molecule has 14 heteroatoms. The minimum absolute atomic E-state index is 0.00233. The number of anilines is 2. The van der Waals surface area contributed by atoms with E-state index in [0.29, 0.717) is 38.9 Å². The first kappa shape index (κ1) is 26.0. The highest BCUT2D eigenvalue weighted by Crippen LogP contribution is 2.34. The van der Waals surface area contributed by atoms with Gasteiger partial charge < -0.3 is 9.84 Å². The molecular formula is C24H27N7O5S2. The third-order valence-electron chi connectivity index (χ3n) is 6.26. The molecule has 4 aromatic rings. The lowest BCUT2D eigenvalue weighted by Gasteiger charge is -2.20. The average molecular weight is 558 g/mol. The molecule has 12 nitrogen and oxygen atoms in total. The summed E-state index contributed by atoms with van der Waals surface area (Å²) in [6.45, 7) is 9.38. The van der Waals surface area contributed by atoms with Crippen molar-refractivity contribution in [2.24, 2.45) is 0 Å². The van der Waals surface area contributed by atoms with Gasteiger partial charge in [-0.1, -0.05) is 16.9 Å². The molecule has 0 bridgehead atoms. The number of hydrogen-bond donors (Lipinski definition) is 2. The van der Waals surface area contributed by atoms with E-state index in [1.54, 1.807) is 23.1 Å². The van der Waals surface area contributed by atoms with Crippen LogP contribution in [-0.4, -0.2) is 44.6 Å². The summed E-state index contributed by atoms with van der Waals surface area (Å²) in [5.41, 5.74) is 1.60. The molecule has 1 aromatic carbocycles. The zero-order valence-corrected chi connectivity index (χ0v) is 23.1. The number of nitrogens with zero attached hydrogens (tertiary/aromatic N) is 5. The molecule has 0 spiro atoms. The monoisotopic (exact) mass is 557 g/mol. The lowest BCUT2D eigenvalue weighted by Crippen LogP contribution is -2.29. The molecule has 5 rings (SSSR count). The normalized spacial score (nSPS) is 15.6. The van der Waals surface area contributed by atoms with Crippen molar-refractivity contribution in [3.05, 3.63) is 52.1 Å². The highest BCUT2D eigenvalue weighted by Gasteiger charge is 2.31. The highest BCUT2D eigenvalue weighted by atomic mass is 32.2. The Balaban J connectivity index is 1.29. The molecule has 0 saturated carbocycles. The third kappa shape index (κ3) is 4.69. The van der Waals surface area contributed by atoms with Gasteiger partial charge in [0.2, 0.25) is 11.8 Å². The number of aromatic nitrogens is 5. The van der Waals surface area contributed by atoms with Crippen molar-refractivity contribution in [2.45, 2.75) is 62.7 Å². The van der Waals surface area contributed by atoms with E-state index in [0.717, 1.165) is 0 Å². The van der Waals surface area contributed by atoms with Gasteiger partial charge in [-0.3, -0.25) is 14.2 Å². The molecule has 200 valence electrons. The number of aryl methyl sites for hydroxylation is 1. The zero-order valence-electron chi connectivity index (χ0n) is 21.5. The van der Waals surface area contributed by atoms with Crippen molar-refractivity contribution in [1.29, 1.82) is 0 Å². The van der Waals surface area contributed by atoms with Crippen LogP contribution in [0.4, 0.5) is 11.6 Å². The number of benzene rings is 1. The summed E-state index contributed by atoms with van der Waals surface area (Å²) in [7, 11) is -3.90. The van der Waals surface area contributed by atoms with Crippen molar-refractivity contribution in [3.63, 3.8) is 0 Å². The maximum absolute atomic E-state index is 13.2. The van der Waals surface area contributed by atoms with Crippen molar-refractivity contribution in [1.82, 2.24) is 24.5 Å². The molecule has 0 radical (unpaired) electrons. The number of nitrogens with one attached hydrogen (secondary N) is 2. The summed E-state index contributed by atoms with van der Waals surface area (Å²) in [5, 5.41) is 11.9. The molecule has 2 N–H and O–H groups in total. The van der Waals surface area contributed by atoms with Crippen LogP contribution in [0.3, 0.4) is 0 Å². The summed E-state index contributed by atoms with van der Waals surface area (Å²) in [6.07, 6.45) is 1.59. The quantitative estimate of drug-likeness (QED) is 0.339. The minimum atomic E-state index is -3.90. The van der Waals surface area contributed by atoms with Crippen LogP contribution in [0.2, 0.25) is 0 Å². The number of sulfonamides is 1. The first-order chi connectivity index (χ1) is 17.8. The van der Waals surface area contributed by atoms with Crippen LogP contribution >= 0.6 is 11.8 Å². The fourth-order valence-corrected chi connectivity index (χ4v) is 6.28. The topological polar surface area (TPSA) is 154 Å². The van der Waals surface area contributed by atoms with Crippen molar-refractivity contribution >= 4 is 50.3 Å². The maximum atomic E-state index is 13.2. The van der Waals surface area contributed by atoms with Crippen LogP contribution in [0.5, 0.6) is 0 Å². The molecule has 1 unspecified atom stereocenters. The SMILES string of the molecule is Cc1noc(NS(=O)(=O)c2ccc(NC(=O)CC3CSc4nc5c(cnn5C(C)(C)C)c(=O)n43)cc2)c1C. The molecule has 38 heavy (non-hydrogen) atoms. The Kier molecular flexibility index (Phi) is 6.34. The Bertz CT molecular complexity index is 1710. The summed E-state index contributed by atoms with van der Waals surface area (Å²) in [5.74, 6) is 0.291. The van der Waals surface area contributed by atoms with Crippen molar-refractivity contribution in [2.75, 3.05) is 15.8 Å². The van der Waals surface area contributed by atoms with Gasteiger partial charge >= 0.3 is 0 Å². The Labute approximate surface area is 222 Å². The third-order valence-corrected chi connectivity index (χ3v) is 8.70. The van der Waals surface area contributed by atoms with E-state index in [2.05, 4.69) is 25.3 Å². The number of rotatable bonds is 6. The average Bonchev–Trinajstić information content (AvgIpc) is 3.53. The predicted octanol–water partition coefficient (Wildman–Crippen LogP) is 3.43. The van der Waals surface area contributed by atoms with E-state index < -0.39 is 10.0 Å². The molecule has 1 atom stereocenters. The molecule has 1 aliphatic heterocycles. The first-order valence-electron chi connectivity index (χ1n) is 11.8. The second-order valence-corrected chi connectivity index (χ2v) is 12.8. The fourth-order valence-electron chi connectivity index (χ4n) is 4.11. The summed E-state index contributed by atoms with van der Waals surface area (Å²) in [6, 6.07) is 5.40. The zero-order chi connectivity index (χ0) is 27.4. The van der Waals surface area contributed by atoms with Gasteiger partial charge in [-0.25, -0.2) is 22.8 Å². The van der Waals surface area contributed by atoms with Crippen molar-refractivity contribution in [3.8, 4) is 0 Å². The molecule has 0 aliphatic carbocycles. The van der Waals surface area contributed by atoms with Crippen LogP contribution < -0.4 is 15.6 Å². The van der Waals surface area contributed by atoms with E-state index >= 15 is 0 Å². The Morgan fingerprint density at radius 2 is 1.92 bits per heavy atom. The number of carbonyl (C=O) groups excluding carboxylic acids is 1. The van der Waals surface area contributed by atoms with Gasteiger partial charge in [-0.15, -0.1) is 0 Å². The number of hydrogen-bond acceptors (Lipinski definition) is 9. The van der Waals surface area contributed by atoms with E-state index in [1.165, 1.54) is 42.2 Å². The predicted molar refractivity (Wildman–Crippen MR) is 143 cm³/mol. The van der Waals surface area contributed by atoms with Crippen LogP contribution in [-0.2, 0) is 20.4 Å². The maximum Gasteiger partial charge on any atom is 0.265 e. The number of thioether (sulfide) groups is 1. The molecule has 1 amide bonds. The van der Waals surface area contributed by atoms with Gasteiger partial charge in [-0.2, -0.15) is 5.10 Å². The largest absolute Gasteiger partial charge is 0.337 e. The summed E-state index contributed by atoms with van der Waals surface area (Å²) < 4.78 is 36.1. The molecule has 1 aliphatic rings. The summed E-state index contributed by atoms with van der Waals surface area (Å²) in [4.78, 5) is 30.8. The second kappa shape index (κ2) is 9.27. The van der Waals surface area contributed by atoms with Gasteiger partial charge in [0.25, 0.3) is 15.6 Å². The number of amides is 1. The smallest absolute Gasteiger partial charge is 0.265 e. The van der Waals surface area contributed by atoms with Crippen LogP contribution in [0, 0.1) is 13.8 Å².